The van der Waals surface area contributed by atoms with Crippen molar-refractivity contribution in [1.82, 2.24) is 19.9 Å². The van der Waals surface area contributed by atoms with Gasteiger partial charge in [-0.3, -0.25) is 4.90 Å². The molecule has 0 unspecified atom stereocenters. The summed E-state index contributed by atoms with van der Waals surface area (Å²) in [5.41, 5.74) is 0. The Balaban J connectivity index is 1.48. The topological polar surface area (TPSA) is 48.4 Å². The lowest BCUT2D eigenvalue weighted by Crippen LogP contribution is -2.47. The van der Waals surface area contributed by atoms with E-state index in [2.05, 4.69) is 29.7 Å². The Morgan fingerprint density at radius 2 is 1.33 bits per heavy atom. The second-order valence-electron chi connectivity index (χ2n) is 6.15. The summed E-state index contributed by atoms with van der Waals surface area (Å²) in [7, 11) is 0. The molecule has 3 aliphatic rings. The monoisotopic (exact) mass is 308 g/mol. The molecule has 0 N–H and O–H groups in total. The van der Waals surface area contributed by atoms with Gasteiger partial charge in [0.05, 0.1) is 0 Å². The molecule has 6 nitrogen and oxygen atoms in total. The minimum Gasteiger partial charge on any atom is -0.341 e. The van der Waals surface area contributed by atoms with Gasteiger partial charge in [0.15, 0.2) is 0 Å². The molecular formula is C14H21ClN6. The van der Waals surface area contributed by atoms with Crippen molar-refractivity contribution < 1.29 is 0 Å². The van der Waals surface area contributed by atoms with Crippen LogP contribution in [0.1, 0.15) is 25.7 Å². The zero-order valence-corrected chi connectivity index (χ0v) is 13.0. The van der Waals surface area contributed by atoms with Crippen LogP contribution in [0.5, 0.6) is 0 Å². The average Bonchev–Trinajstić information content (AvgIpc) is 3.21. The molecule has 0 spiro atoms. The molecule has 114 valence electrons. The standard InChI is InChI=1S/C14H21ClN6/c15-12-16-13(20-5-1-2-6-20)18-14(17-12)21-9-7-19(8-10-21)11-3-4-11/h11H,1-10H2. The summed E-state index contributed by atoms with van der Waals surface area (Å²) in [5, 5.41) is 0.312. The van der Waals surface area contributed by atoms with E-state index in [1.165, 1.54) is 25.7 Å². The molecule has 1 saturated carbocycles. The van der Waals surface area contributed by atoms with Crippen LogP contribution in [-0.2, 0) is 0 Å². The fourth-order valence-electron chi connectivity index (χ4n) is 3.26. The van der Waals surface area contributed by atoms with Crippen LogP contribution in [0.25, 0.3) is 0 Å². The highest BCUT2D eigenvalue weighted by molar-refractivity contribution is 6.28. The molecule has 1 aromatic heterocycles. The van der Waals surface area contributed by atoms with Crippen molar-refractivity contribution in [3.05, 3.63) is 5.28 Å². The lowest BCUT2D eigenvalue weighted by atomic mass is 10.3. The summed E-state index contributed by atoms with van der Waals surface area (Å²) in [4.78, 5) is 20.3. The quantitative estimate of drug-likeness (QED) is 0.841. The van der Waals surface area contributed by atoms with Gasteiger partial charge in [-0.2, -0.15) is 15.0 Å². The van der Waals surface area contributed by atoms with Gasteiger partial charge in [0.2, 0.25) is 17.2 Å². The molecule has 3 heterocycles. The second-order valence-corrected chi connectivity index (χ2v) is 6.49. The Morgan fingerprint density at radius 1 is 0.762 bits per heavy atom. The number of piperazine rings is 1. The zero-order chi connectivity index (χ0) is 14.2. The van der Waals surface area contributed by atoms with Gasteiger partial charge in [0.25, 0.3) is 0 Å². The van der Waals surface area contributed by atoms with Crippen LogP contribution in [0.15, 0.2) is 0 Å². The van der Waals surface area contributed by atoms with Crippen molar-refractivity contribution in [2.45, 2.75) is 31.7 Å². The first-order valence-electron chi connectivity index (χ1n) is 7.95. The third-order valence-corrected chi connectivity index (χ3v) is 4.80. The van der Waals surface area contributed by atoms with E-state index in [4.69, 9.17) is 11.6 Å². The van der Waals surface area contributed by atoms with E-state index in [9.17, 15) is 0 Å². The number of aromatic nitrogens is 3. The number of anilines is 2. The van der Waals surface area contributed by atoms with Crippen molar-refractivity contribution >= 4 is 23.5 Å². The fraction of sp³-hybridized carbons (Fsp3) is 0.786. The summed E-state index contributed by atoms with van der Waals surface area (Å²) in [6.45, 7) is 6.22. The number of hydrogen-bond acceptors (Lipinski definition) is 6. The third-order valence-electron chi connectivity index (χ3n) is 4.63. The van der Waals surface area contributed by atoms with Crippen molar-refractivity contribution in [2.75, 3.05) is 49.1 Å². The van der Waals surface area contributed by atoms with Gasteiger partial charge in [-0.05, 0) is 37.3 Å². The van der Waals surface area contributed by atoms with E-state index in [0.29, 0.717) is 5.28 Å². The Kier molecular flexibility index (Phi) is 3.59. The minimum atomic E-state index is 0.312. The maximum absolute atomic E-state index is 6.11. The smallest absolute Gasteiger partial charge is 0.231 e. The van der Waals surface area contributed by atoms with Crippen molar-refractivity contribution in [2.24, 2.45) is 0 Å². The summed E-state index contributed by atoms with van der Waals surface area (Å²) < 4.78 is 0. The van der Waals surface area contributed by atoms with E-state index in [-0.39, 0.29) is 0 Å². The molecule has 2 saturated heterocycles. The highest BCUT2D eigenvalue weighted by atomic mass is 35.5. The molecule has 0 amide bonds. The molecule has 7 heteroatoms. The first-order chi connectivity index (χ1) is 10.3. The fourth-order valence-corrected chi connectivity index (χ4v) is 3.41. The second kappa shape index (κ2) is 5.57. The van der Waals surface area contributed by atoms with E-state index in [1.54, 1.807) is 0 Å². The SMILES string of the molecule is Clc1nc(N2CCCC2)nc(N2CCN(C3CC3)CC2)n1. The minimum absolute atomic E-state index is 0.312. The van der Waals surface area contributed by atoms with Gasteiger partial charge in [-0.25, -0.2) is 0 Å². The van der Waals surface area contributed by atoms with Gasteiger partial charge in [-0.15, -0.1) is 0 Å². The van der Waals surface area contributed by atoms with E-state index in [1.807, 2.05) is 0 Å². The lowest BCUT2D eigenvalue weighted by molar-refractivity contribution is 0.247. The van der Waals surface area contributed by atoms with Crippen LogP contribution in [0.2, 0.25) is 5.28 Å². The molecule has 1 aromatic rings. The van der Waals surface area contributed by atoms with Crippen molar-refractivity contribution in [3.63, 3.8) is 0 Å². The zero-order valence-electron chi connectivity index (χ0n) is 12.2. The summed E-state index contributed by atoms with van der Waals surface area (Å²) >= 11 is 6.11. The average molecular weight is 309 g/mol. The maximum Gasteiger partial charge on any atom is 0.231 e. The Bertz CT molecular complexity index is 506. The lowest BCUT2D eigenvalue weighted by Gasteiger charge is -2.35. The molecular weight excluding hydrogens is 288 g/mol. The van der Waals surface area contributed by atoms with Gasteiger partial charge < -0.3 is 9.80 Å². The summed E-state index contributed by atoms with van der Waals surface area (Å²) in [6.07, 6.45) is 5.16. The molecule has 4 rings (SSSR count). The van der Waals surface area contributed by atoms with E-state index < -0.39 is 0 Å². The van der Waals surface area contributed by atoms with Gasteiger partial charge in [-0.1, -0.05) is 0 Å². The Hall–Kier alpha value is -1.14. The van der Waals surface area contributed by atoms with Crippen LogP contribution in [0.3, 0.4) is 0 Å². The highest BCUT2D eigenvalue weighted by Crippen LogP contribution is 2.28. The number of rotatable bonds is 3. The molecule has 1 aliphatic carbocycles. The Labute approximate surface area is 130 Å². The van der Waals surface area contributed by atoms with E-state index >= 15 is 0 Å². The Morgan fingerprint density at radius 3 is 1.90 bits per heavy atom. The largest absolute Gasteiger partial charge is 0.341 e. The summed E-state index contributed by atoms with van der Waals surface area (Å²) in [5.74, 6) is 1.49. The third kappa shape index (κ3) is 2.92. The van der Waals surface area contributed by atoms with Crippen LogP contribution in [0, 0.1) is 0 Å². The van der Waals surface area contributed by atoms with Gasteiger partial charge >= 0.3 is 0 Å². The van der Waals surface area contributed by atoms with E-state index in [0.717, 1.165) is 57.2 Å². The van der Waals surface area contributed by atoms with Crippen molar-refractivity contribution in [3.8, 4) is 0 Å². The molecule has 0 aromatic carbocycles. The van der Waals surface area contributed by atoms with Crippen LogP contribution >= 0.6 is 11.6 Å². The predicted octanol–water partition coefficient (Wildman–Crippen LogP) is 1.41. The van der Waals surface area contributed by atoms with Crippen LogP contribution in [0.4, 0.5) is 11.9 Å². The van der Waals surface area contributed by atoms with Gasteiger partial charge in [0.1, 0.15) is 0 Å². The summed E-state index contributed by atoms with van der Waals surface area (Å²) in [6, 6.07) is 0.842. The number of nitrogens with zero attached hydrogens (tertiary/aromatic N) is 6. The predicted molar refractivity (Wildman–Crippen MR) is 83.1 cm³/mol. The normalized spacial score (nSPS) is 23.9. The molecule has 2 aliphatic heterocycles. The van der Waals surface area contributed by atoms with Gasteiger partial charge in [0, 0.05) is 45.3 Å². The first kappa shape index (κ1) is 13.5. The molecule has 0 bridgehead atoms. The molecule has 0 atom stereocenters. The van der Waals surface area contributed by atoms with Crippen molar-refractivity contribution in [1.29, 1.82) is 0 Å². The van der Waals surface area contributed by atoms with Crippen LogP contribution < -0.4 is 9.80 Å². The first-order valence-corrected chi connectivity index (χ1v) is 8.33. The number of halogens is 1. The molecule has 3 fully saturated rings. The maximum atomic E-state index is 6.11. The molecule has 21 heavy (non-hydrogen) atoms. The number of hydrogen-bond donors (Lipinski definition) is 0. The highest BCUT2D eigenvalue weighted by Gasteiger charge is 2.32. The van der Waals surface area contributed by atoms with Crippen LogP contribution in [-0.4, -0.2) is 65.2 Å². The molecule has 0 radical (unpaired) electrons.